The van der Waals surface area contributed by atoms with E-state index in [0.29, 0.717) is 16.9 Å². The number of methoxy groups -OCH3 is 1. The van der Waals surface area contributed by atoms with Crippen LogP contribution in [0.3, 0.4) is 0 Å². The predicted molar refractivity (Wildman–Crippen MR) is 86.0 cm³/mol. The van der Waals surface area contributed by atoms with Crippen molar-refractivity contribution in [1.82, 2.24) is 5.32 Å². The molecule has 6 heteroatoms. The molecule has 0 bridgehead atoms. The van der Waals surface area contributed by atoms with Crippen molar-refractivity contribution in [3.05, 3.63) is 65.7 Å². The summed E-state index contributed by atoms with van der Waals surface area (Å²) in [5.74, 6) is -0.565. The molecule has 0 fully saturated rings. The summed E-state index contributed by atoms with van der Waals surface area (Å²) in [5.41, 5.74) is 1.12. The van der Waals surface area contributed by atoms with E-state index in [1.54, 1.807) is 48.5 Å². The molecule has 0 saturated heterocycles. The Kier molecular flexibility index (Phi) is 5.92. The van der Waals surface area contributed by atoms with E-state index in [-0.39, 0.29) is 6.61 Å². The van der Waals surface area contributed by atoms with Gasteiger partial charge in [0.1, 0.15) is 5.75 Å². The second-order valence-electron chi connectivity index (χ2n) is 4.86. The molecule has 0 spiro atoms. The van der Waals surface area contributed by atoms with Crippen molar-refractivity contribution >= 4 is 11.9 Å². The lowest BCUT2D eigenvalue weighted by Gasteiger charge is -2.17. The molecule has 0 saturated carbocycles. The van der Waals surface area contributed by atoms with Crippen molar-refractivity contribution < 1.29 is 19.1 Å². The number of hydrogen-bond acceptors (Lipinski definition) is 5. The maximum atomic E-state index is 12.0. The molecule has 0 aliphatic carbocycles. The molecule has 0 aliphatic heterocycles. The maximum absolute atomic E-state index is 12.0. The SMILES string of the molecule is COC(=O)[C@H](NC(=O)COc1ccc(C#N)cc1)c1ccccc1. The third-order valence-corrected chi connectivity index (χ3v) is 3.23. The number of amides is 1. The first kappa shape index (κ1) is 17.0. The molecule has 0 radical (unpaired) electrons. The highest BCUT2D eigenvalue weighted by Crippen LogP contribution is 2.15. The number of benzene rings is 2. The molecule has 0 aliphatic rings. The van der Waals surface area contributed by atoms with Crippen LogP contribution in [0.1, 0.15) is 17.2 Å². The summed E-state index contributed by atoms with van der Waals surface area (Å²) in [6.07, 6.45) is 0. The van der Waals surface area contributed by atoms with Gasteiger partial charge in [0, 0.05) is 0 Å². The molecule has 2 rings (SSSR count). The molecule has 24 heavy (non-hydrogen) atoms. The number of nitriles is 1. The van der Waals surface area contributed by atoms with Crippen LogP contribution in [0.25, 0.3) is 0 Å². The number of nitrogens with zero attached hydrogens (tertiary/aromatic N) is 1. The lowest BCUT2D eigenvalue weighted by molar-refractivity contribution is -0.145. The number of nitrogens with one attached hydrogen (secondary N) is 1. The zero-order valence-corrected chi connectivity index (χ0v) is 13.1. The van der Waals surface area contributed by atoms with Crippen LogP contribution in [0.4, 0.5) is 0 Å². The Morgan fingerprint density at radius 3 is 2.38 bits per heavy atom. The number of esters is 1. The van der Waals surface area contributed by atoms with Crippen LogP contribution >= 0.6 is 0 Å². The fraction of sp³-hybridized carbons (Fsp3) is 0.167. The van der Waals surface area contributed by atoms with Gasteiger partial charge in [0.05, 0.1) is 18.7 Å². The van der Waals surface area contributed by atoms with Crippen LogP contribution in [-0.4, -0.2) is 25.6 Å². The van der Waals surface area contributed by atoms with Crippen LogP contribution in [0.5, 0.6) is 5.75 Å². The Morgan fingerprint density at radius 2 is 1.79 bits per heavy atom. The maximum Gasteiger partial charge on any atom is 0.333 e. The minimum Gasteiger partial charge on any atom is -0.484 e. The van der Waals surface area contributed by atoms with Gasteiger partial charge in [0.15, 0.2) is 12.6 Å². The largest absolute Gasteiger partial charge is 0.484 e. The van der Waals surface area contributed by atoms with E-state index in [1.165, 1.54) is 7.11 Å². The Morgan fingerprint density at radius 1 is 1.12 bits per heavy atom. The van der Waals surface area contributed by atoms with Gasteiger partial charge in [0.2, 0.25) is 0 Å². The molecule has 1 amide bonds. The van der Waals surface area contributed by atoms with Crippen molar-refractivity contribution in [3.63, 3.8) is 0 Å². The third-order valence-electron chi connectivity index (χ3n) is 3.23. The van der Waals surface area contributed by atoms with Crippen molar-refractivity contribution in [2.45, 2.75) is 6.04 Å². The predicted octanol–water partition coefficient (Wildman–Crippen LogP) is 1.97. The molecular weight excluding hydrogens is 308 g/mol. The summed E-state index contributed by atoms with van der Waals surface area (Å²) in [7, 11) is 1.26. The van der Waals surface area contributed by atoms with Gasteiger partial charge >= 0.3 is 5.97 Å². The second-order valence-corrected chi connectivity index (χ2v) is 4.86. The summed E-state index contributed by atoms with van der Waals surface area (Å²) >= 11 is 0. The van der Waals surface area contributed by atoms with Gasteiger partial charge in [-0.3, -0.25) is 4.79 Å². The minimum absolute atomic E-state index is 0.258. The lowest BCUT2D eigenvalue weighted by atomic mass is 10.1. The number of carbonyl (C=O) groups excluding carboxylic acids is 2. The van der Waals surface area contributed by atoms with Gasteiger partial charge < -0.3 is 14.8 Å². The quantitative estimate of drug-likeness (QED) is 0.821. The first-order valence-electron chi connectivity index (χ1n) is 7.19. The van der Waals surface area contributed by atoms with Crippen LogP contribution < -0.4 is 10.1 Å². The van der Waals surface area contributed by atoms with Crippen molar-refractivity contribution in [2.75, 3.05) is 13.7 Å². The normalized spacial score (nSPS) is 11.0. The number of carbonyl (C=O) groups is 2. The molecule has 0 heterocycles. The number of hydrogen-bond donors (Lipinski definition) is 1. The number of ether oxygens (including phenoxy) is 2. The first-order valence-corrected chi connectivity index (χ1v) is 7.19. The number of rotatable bonds is 6. The smallest absolute Gasteiger partial charge is 0.333 e. The highest BCUT2D eigenvalue weighted by Gasteiger charge is 2.23. The van der Waals surface area contributed by atoms with Gasteiger partial charge in [-0.15, -0.1) is 0 Å². The van der Waals surface area contributed by atoms with E-state index in [1.807, 2.05) is 12.1 Å². The summed E-state index contributed by atoms with van der Waals surface area (Å²) < 4.78 is 10.1. The van der Waals surface area contributed by atoms with Crippen molar-refractivity contribution in [1.29, 1.82) is 5.26 Å². The molecular formula is C18H16N2O4. The minimum atomic E-state index is -0.895. The van der Waals surface area contributed by atoms with E-state index in [4.69, 9.17) is 14.7 Å². The summed E-state index contributed by atoms with van der Waals surface area (Å²) in [6, 6.07) is 16.3. The summed E-state index contributed by atoms with van der Waals surface area (Å²) in [5, 5.41) is 11.3. The van der Waals surface area contributed by atoms with Crippen molar-refractivity contribution in [3.8, 4) is 11.8 Å². The lowest BCUT2D eigenvalue weighted by Crippen LogP contribution is -2.37. The van der Waals surface area contributed by atoms with E-state index in [9.17, 15) is 9.59 Å². The van der Waals surface area contributed by atoms with Crippen LogP contribution in [0, 0.1) is 11.3 Å². The van der Waals surface area contributed by atoms with E-state index < -0.39 is 17.9 Å². The average Bonchev–Trinajstić information content (AvgIpc) is 2.65. The van der Waals surface area contributed by atoms with Crippen LogP contribution in [-0.2, 0) is 14.3 Å². The van der Waals surface area contributed by atoms with Crippen molar-refractivity contribution in [2.24, 2.45) is 0 Å². The zero-order chi connectivity index (χ0) is 17.4. The Balaban J connectivity index is 1.97. The summed E-state index contributed by atoms with van der Waals surface area (Å²) in [4.78, 5) is 23.9. The van der Waals surface area contributed by atoms with Crippen LogP contribution in [0.15, 0.2) is 54.6 Å². The van der Waals surface area contributed by atoms with Gasteiger partial charge in [-0.05, 0) is 29.8 Å². The molecule has 1 N–H and O–H groups in total. The zero-order valence-electron chi connectivity index (χ0n) is 13.1. The first-order chi connectivity index (χ1) is 11.6. The molecule has 2 aromatic rings. The standard InChI is InChI=1S/C18H16N2O4/c1-23-18(22)17(14-5-3-2-4-6-14)20-16(21)12-24-15-9-7-13(11-19)8-10-15/h2-10,17H,12H2,1H3,(H,20,21)/t17-/m1/s1. The molecule has 122 valence electrons. The Labute approximate surface area is 139 Å². The molecule has 2 aromatic carbocycles. The highest BCUT2D eigenvalue weighted by atomic mass is 16.5. The third kappa shape index (κ3) is 4.58. The second kappa shape index (κ2) is 8.34. The van der Waals surface area contributed by atoms with E-state index in [2.05, 4.69) is 5.32 Å². The molecule has 1 atom stereocenters. The van der Waals surface area contributed by atoms with E-state index in [0.717, 1.165) is 0 Å². The molecule has 6 nitrogen and oxygen atoms in total. The Bertz CT molecular complexity index is 736. The van der Waals surface area contributed by atoms with Gasteiger partial charge in [-0.1, -0.05) is 30.3 Å². The molecule has 0 unspecified atom stereocenters. The van der Waals surface area contributed by atoms with Gasteiger partial charge in [-0.25, -0.2) is 4.79 Å². The highest BCUT2D eigenvalue weighted by molar-refractivity contribution is 5.86. The Hall–Kier alpha value is -3.33. The van der Waals surface area contributed by atoms with Gasteiger partial charge in [-0.2, -0.15) is 5.26 Å². The van der Waals surface area contributed by atoms with Crippen LogP contribution in [0.2, 0.25) is 0 Å². The average molecular weight is 324 g/mol. The fourth-order valence-electron chi connectivity index (χ4n) is 2.02. The van der Waals surface area contributed by atoms with Gasteiger partial charge in [0.25, 0.3) is 5.91 Å². The monoisotopic (exact) mass is 324 g/mol. The summed E-state index contributed by atoms with van der Waals surface area (Å²) in [6.45, 7) is -0.258. The fourth-order valence-corrected chi connectivity index (χ4v) is 2.02. The topological polar surface area (TPSA) is 88.4 Å². The van der Waals surface area contributed by atoms with E-state index >= 15 is 0 Å². The molecule has 0 aromatic heterocycles.